The second kappa shape index (κ2) is 10.5. The SMILES string of the molecule is NC(CS)C(=O)NC(Cc1c[nH]c2ccccc12)C(=O)NCC(=O)N1CCCC1C(=O)O. The van der Waals surface area contributed by atoms with E-state index < -0.39 is 41.8 Å². The molecule has 1 aliphatic rings. The summed E-state index contributed by atoms with van der Waals surface area (Å²) in [5.41, 5.74) is 7.44. The lowest BCUT2D eigenvalue weighted by molar-refractivity contribution is -0.148. The molecule has 1 aromatic carbocycles. The van der Waals surface area contributed by atoms with E-state index in [1.54, 1.807) is 6.20 Å². The van der Waals surface area contributed by atoms with Gasteiger partial charge in [-0.15, -0.1) is 0 Å². The zero-order valence-electron chi connectivity index (χ0n) is 17.4. The van der Waals surface area contributed by atoms with Gasteiger partial charge in [0.1, 0.15) is 12.1 Å². The Labute approximate surface area is 190 Å². The summed E-state index contributed by atoms with van der Waals surface area (Å²) < 4.78 is 0. The summed E-state index contributed by atoms with van der Waals surface area (Å²) in [4.78, 5) is 53.4. The average Bonchev–Trinajstić information content (AvgIpc) is 3.44. The lowest BCUT2D eigenvalue weighted by Crippen LogP contribution is -2.54. The number of hydrogen-bond acceptors (Lipinski definition) is 6. The predicted octanol–water partition coefficient (Wildman–Crippen LogP) is -0.356. The maximum absolute atomic E-state index is 12.9. The first kappa shape index (κ1) is 23.6. The van der Waals surface area contributed by atoms with E-state index in [1.807, 2.05) is 24.3 Å². The van der Waals surface area contributed by atoms with Crippen molar-refractivity contribution in [1.29, 1.82) is 0 Å². The molecule has 6 N–H and O–H groups in total. The summed E-state index contributed by atoms with van der Waals surface area (Å²) in [5, 5.41) is 15.3. The molecule has 2 aromatic rings. The van der Waals surface area contributed by atoms with Gasteiger partial charge in [-0.1, -0.05) is 18.2 Å². The zero-order chi connectivity index (χ0) is 23.3. The van der Waals surface area contributed by atoms with Crippen LogP contribution in [0.25, 0.3) is 10.9 Å². The maximum Gasteiger partial charge on any atom is 0.326 e. The Bertz CT molecular complexity index is 1010. The van der Waals surface area contributed by atoms with Crippen LogP contribution in [0.3, 0.4) is 0 Å². The van der Waals surface area contributed by atoms with E-state index in [-0.39, 0.29) is 18.7 Å². The van der Waals surface area contributed by atoms with Crippen LogP contribution in [0.2, 0.25) is 0 Å². The number of H-pyrrole nitrogens is 1. The van der Waals surface area contributed by atoms with Crippen molar-refractivity contribution in [3.8, 4) is 0 Å². The number of aromatic amines is 1. The molecule has 172 valence electrons. The summed E-state index contributed by atoms with van der Waals surface area (Å²) in [6.07, 6.45) is 2.92. The lowest BCUT2D eigenvalue weighted by atomic mass is 10.0. The third-order valence-electron chi connectivity index (χ3n) is 5.54. The number of hydrogen-bond donors (Lipinski definition) is 6. The van der Waals surface area contributed by atoms with Gasteiger partial charge < -0.3 is 31.4 Å². The van der Waals surface area contributed by atoms with Gasteiger partial charge >= 0.3 is 5.97 Å². The van der Waals surface area contributed by atoms with Crippen LogP contribution in [-0.4, -0.2) is 75.6 Å². The normalized spacial score (nSPS) is 17.7. The van der Waals surface area contributed by atoms with Crippen molar-refractivity contribution < 1.29 is 24.3 Å². The van der Waals surface area contributed by atoms with Crippen LogP contribution in [0, 0.1) is 0 Å². The van der Waals surface area contributed by atoms with Gasteiger partial charge in [-0.05, 0) is 24.5 Å². The van der Waals surface area contributed by atoms with Gasteiger partial charge in [-0.3, -0.25) is 14.4 Å². The number of carbonyl (C=O) groups is 4. The van der Waals surface area contributed by atoms with Crippen molar-refractivity contribution in [3.63, 3.8) is 0 Å². The fraction of sp³-hybridized carbons (Fsp3) is 0.429. The molecule has 0 bridgehead atoms. The van der Waals surface area contributed by atoms with Crippen LogP contribution in [0.5, 0.6) is 0 Å². The van der Waals surface area contributed by atoms with Gasteiger partial charge in [0.15, 0.2) is 0 Å². The predicted molar refractivity (Wildman–Crippen MR) is 121 cm³/mol. The van der Waals surface area contributed by atoms with Crippen molar-refractivity contribution in [1.82, 2.24) is 20.5 Å². The molecule has 1 fully saturated rings. The Morgan fingerprint density at radius 3 is 2.72 bits per heavy atom. The fourth-order valence-electron chi connectivity index (χ4n) is 3.80. The van der Waals surface area contributed by atoms with Crippen molar-refractivity contribution in [2.24, 2.45) is 5.73 Å². The number of aliphatic carboxylic acids is 1. The standard InChI is InChI=1S/C21H27N5O5S/c22-14(11-32)19(28)25-16(8-12-9-23-15-5-2-1-4-13(12)15)20(29)24-10-18(27)26-7-3-6-17(26)21(30)31/h1-2,4-5,9,14,16-17,23,32H,3,6-8,10-11,22H2,(H,24,29)(H,25,28)(H,30,31). The van der Waals surface area contributed by atoms with Crippen LogP contribution in [0.1, 0.15) is 18.4 Å². The topological polar surface area (TPSA) is 158 Å². The molecule has 3 unspecified atom stereocenters. The average molecular weight is 462 g/mol. The molecule has 1 aliphatic heterocycles. The smallest absolute Gasteiger partial charge is 0.326 e. The number of para-hydroxylation sites is 1. The second-order valence-electron chi connectivity index (χ2n) is 7.72. The van der Waals surface area contributed by atoms with Crippen LogP contribution >= 0.6 is 12.6 Å². The first-order chi connectivity index (χ1) is 15.3. The summed E-state index contributed by atoms with van der Waals surface area (Å²) in [7, 11) is 0. The fourth-order valence-corrected chi connectivity index (χ4v) is 3.97. The zero-order valence-corrected chi connectivity index (χ0v) is 18.3. The molecule has 3 atom stereocenters. The molecule has 0 aliphatic carbocycles. The number of thiol groups is 1. The van der Waals surface area contributed by atoms with Crippen molar-refractivity contribution in [3.05, 3.63) is 36.0 Å². The van der Waals surface area contributed by atoms with E-state index in [9.17, 15) is 24.3 Å². The van der Waals surface area contributed by atoms with Crippen LogP contribution in [0.4, 0.5) is 0 Å². The number of likely N-dealkylation sites (tertiary alicyclic amines) is 1. The van der Waals surface area contributed by atoms with Crippen LogP contribution in [0.15, 0.2) is 30.5 Å². The molecule has 11 heteroatoms. The summed E-state index contributed by atoms with van der Waals surface area (Å²) in [6.45, 7) is -0.0283. The van der Waals surface area contributed by atoms with Gasteiger partial charge in [-0.2, -0.15) is 12.6 Å². The first-order valence-corrected chi connectivity index (χ1v) is 11.0. The minimum absolute atomic E-state index is 0.108. The van der Waals surface area contributed by atoms with E-state index in [0.717, 1.165) is 16.5 Å². The number of benzene rings is 1. The number of carboxylic acids is 1. The Kier molecular flexibility index (Phi) is 7.75. The highest BCUT2D eigenvalue weighted by atomic mass is 32.1. The number of rotatable bonds is 9. The maximum atomic E-state index is 12.9. The molecular formula is C21H27N5O5S. The summed E-state index contributed by atoms with van der Waals surface area (Å²) in [6, 6.07) is 4.81. The number of fused-ring (bicyclic) bond motifs is 1. The van der Waals surface area contributed by atoms with E-state index >= 15 is 0 Å². The Morgan fingerprint density at radius 1 is 1.25 bits per heavy atom. The van der Waals surface area contributed by atoms with Crippen molar-refractivity contribution in [2.45, 2.75) is 37.4 Å². The third kappa shape index (κ3) is 5.40. The third-order valence-corrected chi connectivity index (χ3v) is 5.93. The summed E-state index contributed by atoms with van der Waals surface area (Å²) in [5.74, 6) is -2.52. The molecule has 3 amide bonds. The summed E-state index contributed by atoms with van der Waals surface area (Å²) >= 11 is 4.02. The minimum atomic E-state index is -1.06. The number of amides is 3. The molecule has 0 saturated carbocycles. The Balaban J connectivity index is 1.70. The van der Waals surface area contributed by atoms with Gasteiger partial charge in [-0.25, -0.2) is 4.79 Å². The molecular weight excluding hydrogens is 434 g/mol. The number of nitrogens with one attached hydrogen (secondary N) is 3. The molecule has 1 saturated heterocycles. The Morgan fingerprint density at radius 2 is 2.00 bits per heavy atom. The van der Waals surface area contributed by atoms with E-state index in [4.69, 9.17) is 5.73 Å². The highest BCUT2D eigenvalue weighted by Crippen LogP contribution is 2.20. The van der Waals surface area contributed by atoms with Gasteiger partial charge in [0, 0.05) is 35.8 Å². The molecule has 0 radical (unpaired) electrons. The molecule has 32 heavy (non-hydrogen) atoms. The number of aromatic nitrogens is 1. The number of nitrogens with zero attached hydrogens (tertiary/aromatic N) is 1. The van der Waals surface area contributed by atoms with Crippen LogP contribution in [-0.2, 0) is 25.6 Å². The molecule has 0 spiro atoms. The highest BCUT2D eigenvalue weighted by Gasteiger charge is 2.34. The van der Waals surface area contributed by atoms with E-state index in [1.165, 1.54) is 4.90 Å². The Hall–Kier alpha value is -3.05. The van der Waals surface area contributed by atoms with Crippen LogP contribution < -0.4 is 16.4 Å². The van der Waals surface area contributed by atoms with Crippen molar-refractivity contribution >= 4 is 47.2 Å². The molecule has 2 heterocycles. The largest absolute Gasteiger partial charge is 0.480 e. The van der Waals surface area contributed by atoms with E-state index in [2.05, 4.69) is 28.2 Å². The monoisotopic (exact) mass is 461 g/mol. The van der Waals surface area contributed by atoms with Crippen molar-refractivity contribution in [2.75, 3.05) is 18.8 Å². The molecule has 3 rings (SSSR count). The lowest BCUT2D eigenvalue weighted by Gasteiger charge is -2.23. The highest BCUT2D eigenvalue weighted by molar-refractivity contribution is 7.80. The number of nitrogens with two attached hydrogens (primary N) is 1. The number of carbonyl (C=O) groups excluding carboxylic acids is 3. The quantitative estimate of drug-likeness (QED) is 0.280. The molecule has 1 aromatic heterocycles. The van der Waals surface area contributed by atoms with Gasteiger partial charge in [0.2, 0.25) is 17.7 Å². The minimum Gasteiger partial charge on any atom is -0.480 e. The van der Waals surface area contributed by atoms with Gasteiger partial charge in [0.25, 0.3) is 0 Å². The second-order valence-corrected chi connectivity index (χ2v) is 8.08. The van der Waals surface area contributed by atoms with E-state index in [0.29, 0.717) is 19.4 Å². The molecule has 10 nitrogen and oxygen atoms in total. The number of carboxylic acid groups (broad SMARTS) is 1. The van der Waals surface area contributed by atoms with Gasteiger partial charge in [0.05, 0.1) is 12.6 Å². The first-order valence-electron chi connectivity index (χ1n) is 10.3.